The van der Waals surface area contributed by atoms with Crippen molar-refractivity contribution in [2.24, 2.45) is 5.92 Å². The van der Waals surface area contributed by atoms with Crippen LogP contribution in [-0.4, -0.2) is 5.11 Å². The predicted molar refractivity (Wildman–Crippen MR) is 35.7 cm³/mol. The highest BCUT2D eigenvalue weighted by atomic mass is 16.3. The van der Waals surface area contributed by atoms with Gasteiger partial charge in [-0.1, -0.05) is 20.4 Å². The first-order chi connectivity index (χ1) is 3.66. The molecular weight excluding hydrogens is 100 g/mol. The second-order valence-corrected chi connectivity index (χ2v) is 2.04. The van der Waals surface area contributed by atoms with E-state index in [1.54, 1.807) is 6.08 Å². The van der Waals surface area contributed by atoms with Crippen molar-refractivity contribution in [3.63, 3.8) is 0 Å². The highest BCUT2D eigenvalue weighted by Gasteiger charge is 1.86. The average molecular weight is 112 g/mol. The lowest BCUT2D eigenvalue weighted by Gasteiger charge is -1.93. The molecule has 8 heavy (non-hydrogen) atoms. The van der Waals surface area contributed by atoms with E-state index in [1.807, 2.05) is 13.8 Å². The lowest BCUT2D eigenvalue weighted by Crippen LogP contribution is -1.81. The maximum Gasteiger partial charge on any atom is 0.111 e. The Bertz CT molecular complexity index is 101. The number of allylic oxidation sites excluding steroid dienone is 2. The molecule has 0 saturated carbocycles. The standard InChI is InChI=1S/C7H12O/c1-4-7(8)5-6(2)3/h4-6,8H,1H2,2-3H3/b7-5+. The number of hydrogen-bond acceptors (Lipinski definition) is 1. The normalized spacial score (nSPS) is 12.1. The van der Waals surface area contributed by atoms with Gasteiger partial charge in [0.15, 0.2) is 0 Å². The maximum atomic E-state index is 8.77. The van der Waals surface area contributed by atoms with Gasteiger partial charge in [0.2, 0.25) is 0 Å². The molecule has 1 N–H and O–H groups in total. The molecule has 0 fully saturated rings. The van der Waals surface area contributed by atoms with E-state index in [0.29, 0.717) is 5.92 Å². The van der Waals surface area contributed by atoms with Gasteiger partial charge in [-0.3, -0.25) is 0 Å². The fourth-order valence-electron chi connectivity index (χ4n) is 0.410. The van der Waals surface area contributed by atoms with Crippen LogP contribution in [0.1, 0.15) is 13.8 Å². The largest absolute Gasteiger partial charge is 0.508 e. The highest BCUT2D eigenvalue weighted by molar-refractivity contribution is 5.06. The lowest BCUT2D eigenvalue weighted by molar-refractivity contribution is 0.426. The van der Waals surface area contributed by atoms with Gasteiger partial charge in [0, 0.05) is 0 Å². The van der Waals surface area contributed by atoms with Crippen molar-refractivity contribution in [3.05, 3.63) is 24.5 Å². The average Bonchev–Trinajstić information content (AvgIpc) is 1.65. The smallest absolute Gasteiger partial charge is 0.111 e. The molecule has 0 aromatic rings. The minimum absolute atomic E-state index is 0.264. The second kappa shape index (κ2) is 3.30. The van der Waals surface area contributed by atoms with Crippen LogP contribution in [0.5, 0.6) is 0 Å². The van der Waals surface area contributed by atoms with Crippen LogP contribution < -0.4 is 0 Å². The Hall–Kier alpha value is -0.720. The third-order valence-electron chi connectivity index (χ3n) is 0.713. The zero-order chi connectivity index (χ0) is 6.57. The van der Waals surface area contributed by atoms with Crippen molar-refractivity contribution in [1.29, 1.82) is 0 Å². The van der Waals surface area contributed by atoms with Gasteiger partial charge in [-0.2, -0.15) is 0 Å². The molecule has 0 atom stereocenters. The molecule has 0 saturated heterocycles. The Morgan fingerprint density at radius 1 is 1.62 bits per heavy atom. The van der Waals surface area contributed by atoms with Crippen LogP contribution in [0.25, 0.3) is 0 Å². The zero-order valence-corrected chi connectivity index (χ0v) is 5.39. The fourth-order valence-corrected chi connectivity index (χ4v) is 0.410. The summed E-state index contributed by atoms with van der Waals surface area (Å²) in [7, 11) is 0. The van der Waals surface area contributed by atoms with Gasteiger partial charge >= 0.3 is 0 Å². The summed E-state index contributed by atoms with van der Waals surface area (Å²) in [5.41, 5.74) is 0. The highest BCUT2D eigenvalue weighted by Crippen LogP contribution is 1.98. The molecule has 0 spiro atoms. The molecular formula is C7H12O. The molecule has 0 radical (unpaired) electrons. The number of hydrogen-bond donors (Lipinski definition) is 1. The van der Waals surface area contributed by atoms with Gasteiger partial charge in [0.25, 0.3) is 0 Å². The van der Waals surface area contributed by atoms with E-state index in [0.717, 1.165) is 0 Å². The number of rotatable bonds is 2. The SMILES string of the molecule is C=C/C(O)=C\C(C)C. The van der Waals surface area contributed by atoms with Crippen LogP contribution in [0.2, 0.25) is 0 Å². The summed E-state index contributed by atoms with van der Waals surface area (Å²) in [6, 6.07) is 0. The predicted octanol–water partition coefficient (Wildman–Crippen LogP) is 2.27. The first kappa shape index (κ1) is 7.28. The van der Waals surface area contributed by atoms with E-state index in [4.69, 9.17) is 5.11 Å². The number of aliphatic hydroxyl groups is 1. The van der Waals surface area contributed by atoms with Crippen LogP contribution in [0.4, 0.5) is 0 Å². The summed E-state index contributed by atoms with van der Waals surface area (Å²) in [6.07, 6.45) is 3.17. The molecule has 1 heteroatoms. The van der Waals surface area contributed by atoms with Gasteiger partial charge in [-0.25, -0.2) is 0 Å². The van der Waals surface area contributed by atoms with Crippen LogP contribution in [0.15, 0.2) is 24.5 Å². The summed E-state index contributed by atoms with van der Waals surface area (Å²) in [5.74, 6) is 0.660. The van der Waals surface area contributed by atoms with Crippen molar-refractivity contribution in [2.45, 2.75) is 13.8 Å². The van der Waals surface area contributed by atoms with Crippen molar-refractivity contribution in [3.8, 4) is 0 Å². The first-order valence-corrected chi connectivity index (χ1v) is 2.70. The maximum absolute atomic E-state index is 8.77. The molecule has 1 nitrogen and oxygen atoms in total. The molecule has 0 aromatic heterocycles. The van der Waals surface area contributed by atoms with E-state index >= 15 is 0 Å². The summed E-state index contributed by atoms with van der Waals surface area (Å²) in [6.45, 7) is 7.39. The van der Waals surface area contributed by atoms with E-state index in [1.165, 1.54) is 6.08 Å². The van der Waals surface area contributed by atoms with Crippen LogP contribution in [0, 0.1) is 5.92 Å². The van der Waals surface area contributed by atoms with Crippen molar-refractivity contribution < 1.29 is 5.11 Å². The Labute approximate surface area is 50.3 Å². The van der Waals surface area contributed by atoms with Gasteiger partial charge in [-0.05, 0) is 18.1 Å². The Kier molecular flexibility index (Phi) is 3.01. The molecule has 0 unspecified atom stereocenters. The fraction of sp³-hybridized carbons (Fsp3) is 0.429. The molecule has 0 aliphatic rings. The molecule has 0 amide bonds. The molecule has 0 aliphatic heterocycles. The van der Waals surface area contributed by atoms with Crippen LogP contribution in [0.3, 0.4) is 0 Å². The summed E-state index contributed by atoms with van der Waals surface area (Å²) < 4.78 is 0. The Balaban J connectivity index is 3.74. The van der Waals surface area contributed by atoms with E-state index < -0.39 is 0 Å². The van der Waals surface area contributed by atoms with E-state index in [2.05, 4.69) is 6.58 Å². The van der Waals surface area contributed by atoms with Crippen LogP contribution in [-0.2, 0) is 0 Å². The summed E-state index contributed by atoms with van der Waals surface area (Å²) in [5, 5.41) is 8.77. The van der Waals surface area contributed by atoms with E-state index in [-0.39, 0.29) is 5.76 Å². The minimum atomic E-state index is 0.264. The Morgan fingerprint density at radius 3 is 2.25 bits per heavy atom. The first-order valence-electron chi connectivity index (χ1n) is 2.70. The molecule has 0 rings (SSSR count). The van der Waals surface area contributed by atoms with Crippen molar-refractivity contribution in [1.82, 2.24) is 0 Å². The summed E-state index contributed by atoms with van der Waals surface area (Å²) in [4.78, 5) is 0. The third kappa shape index (κ3) is 3.47. The second-order valence-electron chi connectivity index (χ2n) is 2.04. The van der Waals surface area contributed by atoms with Crippen LogP contribution >= 0.6 is 0 Å². The third-order valence-corrected chi connectivity index (χ3v) is 0.713. The molecule has 46 valence electrons. The van der Waals surface area contributed by atoms with Gasteiger partial charge in [0.1, 0.15) is 5.76 Å². The summed E-state index contributed by atoms with van der Waals surface area (Å²) >= 11 is 0. The minimum Gasteiger partial charge on any atom is -0.508 e. The van der Waals surface area contributed by atoms with Gasteiger partial charge in [0.05, 0.1) is 0 Å². The number of aliphatic hydroxyl groups excluding tert-OH is 1. The van der Waals surface area contributed by atoms with Gasteiger partial charge < -0.3 is 5.11 Å². The van der Waals surface area contributed by atoms with E-state index in [9.17, 15) is 0 Å². The quantitative estimate of drug-likeness (QED) is 0.429. The zero-order valence-electron chi connectivity index (χ0n) is 5.39. The van der Waals surface area contributed by atoms with Crippen molar-refractivity contribution in [2.75, 3.05) is 0 Å². The van der Waals surface area contributed by atoms with Gasteiger partial charge in [-0.15, -0.1) is 0 Å². The molecule has 0 aromatic carbocycles. The monoisotopic (exact) mass is 112 g/mol. The molecule has 0 aliphatic carbocycles. The lowest BCUT2D eigenvalue weighted by atomic mass is 10.2. The topological polar surface area (TPSA) is 20.2 Å². The Morgan fingerprint density at radius 2 is 2.12 bits per heavy atom. The molecule has 0 heterocycles. The molecule has 0 bridgehead atoms. The van der Waals surface area contributed by atoms with Crippen molar-refractivity contribution >= 4 is 0 Å².